The average molecular weight is 512 g/mol. The minimum atomic E-state index is -2.91. The molecule has 3 aromatic rings. The van der Waals surface area contributed by atoms with E-state index in [2.05, 4.69) is 29.8 Å². The molecule has 4 rings (SSSR count). The molecule has 3 aromatic heterocycles. The van der Waals surface area contributed by atoms with Crippen LogP contribution in [0.2, 0.25) is 0 Å². The summed E-state index contributed by atoms with van der Waals surface area (Å²) in [6.07, 6.45) is 6.25. The van der Waals surface area contributed by atoms with E-state index in [1.165, 1.54) is 18.6 Å². The highest BCUT2D eigenvalue weighted by Crippen LogP contribution is 2.30. The largest absolute Gasteiger partial charge is 0.367 e. The van der Waals surface area contributed by atoms with Gasteiger partial charge in [-0.25, -0.2) is 9.97 Å². The average Bonchev–Trinajstić information content (AvgIpc) is 3.20. The van der Waals surface area contributed by atoms with E-state index in [0.29, 0.717) is 13.1 Å². The van der Waals surface area contributed by atoms with Crippen LogP contribution in [0.25, 0.3) is 11.0 Å². The number of hydrogen-bond acceptors (Lipinski definition) is 5. The molecule has 0 saturated carbocycles. The normalized spacial score (nSPS) is 16.3. The number of aromatic nitrogens is 4. The van der Waals surface area contributed by atoms with Crippen LogP contribution in [0.3, 0.4) is 0 Å². The van der Waals surface area contributed by atoms with Gasteiger partial charge in [-0.3, -0.25) is 9.88 Å². The summed E-state index contributed by atoms with van der Waals surface area (Å²) in [4.78, 5) is 17.6. The summed E-state index contributed by atoms with van der Waals surface area (Å²) in [5.74, 6) is -2.12. The Morgan fingerprint density at radius 2 is 2.03 bits per heavy atom. The molecule has 9 heteroatoms. The fraction of sp³-hybridized carbons (Fsp3) is 0.400. The molecule has 0 spiro atoms. The summed E-state index contributed by atoms with van der Waals surface area (Å²) in [5.41, 5.74) is 1.62. The van der Waals surface area contributed by atoms with Gasteiger partial charge in [0.25, 0.3) is 5.92 Å². The predicted molar refractivity (Wildman–Crippen MR) is 120 cm³/mol. The number of nitrogens with one attached hydrogen (secondary N) is 2. The Balaban J connectivity index is 1.33. The Morgan fingerprint density at radius 3 is 2.76 bits per heavy atom. The summed E-state index contributed by atoms with van der Waals surface area (Å²) in [6.45, 7) is 0.955. The number of likely N-dealkylation sites (tertiary alicyclic amines) is 1. The van der Waals surface area contributed by atoms with Gasteiger partial charge >= 0.3 is 0 Å². The number of hydrogen-bond donors (Lipinski definition) is 2. The van der Waals surface area contributed by atoms with Crippen LogP contribution < -0.4 is 5.32 Å². The fourth-order valence-electron chi connectivity index (χ4n) is 3.61. The first-order valence-electron chi connectivity index (χ1n) is 9.48. The smallest absolute Gasteiger partial charge is 0.287 e. The lowest BCUT2D eigenvalue weighted by Crippen LogP contribution is -2.43. The van der Waals surface area contributed by atoms with Gasteiger partial charge in [0.15, 0.2) is 0 Å². The molecule has 0 radical (unpaired) electrons. The van der Waals surface area contributed by atoms with Gasteiger partial charge < -0.3 is 10.3 Å². The van der Waals surface area contributed by atoms with Gasteiger partial charge in [-0.2, -0.15) is 8.78 Å². The molecule has 29 heavy (non-hydrogen) atoms. The van der Waals surface area contributed by atoms with Gasteiger partial charge in [0.05, 0.1) is 11.9 Å². The van der Waals surface area contributed by atoms with Crippen molar-refractivity contribution < 1.29 is 8.78 Å². The first-order valence-corrected chi connectivity index (χ1v) is 12.5. The van der Waals surface area contributed by atoms with Gasteiger partial charge in [0.2, 0.25) is 0 Å². The third kappa shape index (κ3) is 4.77. The number of halogens is 3. The van der Waals surface area contributed by atoms with E-state index in [9.17, 15) is 8.78 Å². The monoisotopic (exact) mass is 512 g/mol. The lowest BCUT2D eigenvalue weighted by atomic mass is 10.0. The van der Waals surface area contributed by atoms with Gasteiger partial charge in [0.1, 0.15) is 17.8 Å². The fourth-order valence-corrected chi connectivity index (χ4v) is 4.61. The van der Waals surface area contributed by atoms with Crippen molar-refractivity contribution in [2.45, 2.75) is 29.2 Å². The summed E-state index contributed by atoms with van der Waals surface area (Å²) in [5, 5.41) is 4.39. The SMILES string of the molecule is C=ICc1ccc(C(F)(F)CN2CCC(Nc3ncnc4[nH]ccc34)CC2)cn1. The number of H-pyrrole nitrogens is 1. The molecular formula is C20H23F2IN6. The van der Waals surface area contributed by atoms with Crippen LogP contribution in [0.4, 0.5) is 14.6 Å². The Morgan fingerprint density at radius 1 is 1.21 bits per heavy atom. The van der Waals surface area contributed by atoms with Gasteiger partial charge in [-0.15, -0.1) is 20.7 Å². The molecule has 0 bridgehead atoms. The molecular weight excluding hydrogens is 489 g/mol. The number of fused-ring (bicyclic) bond motifs is 1. The first kappa shape index (κ1) is 20.3. The van der Waals surface area contributed by atoms with Gasteiger partial charge in [-0.05, 0) is 31.0 Å². The number of aromatic amines is 1. The molecule has 0 amide bonds. The van der Waals surface area contributed by atoms with E-state index in [-0.39, 0.29) is 38.9 Å². The zero-order chi connectivity index (χ0) is 20.3. The van der Waals surface area contributed by atoms with E-state index >= 15 is 0 Å². The van der Waals surface area contributed by atoms with Gasteiger partial charge in [-0.1, -0.05) is 4.51 Å². The number of pyridine rings is 1. The number of alkyl halides is 3. The van der Waals surface area contributed by atoms with Crippen molar-refractivity contribution in [2.75, 3.05) is 25.0 Å². The van der Waals surface area contributed by atoms with E-state index < -0.39 is 5.92 Å². The Hall–Kier alpha value is -2.01. The van der Waals surface area contributed by atoms with Crippen LogP contribution in [0.5, 0.6) is 0 Å². The Bertz CT molecular complexity index is 967. The lowest BCUT2D eigenvalue weighted by molar-refractivity contribution is -0.0424. The maximum atomic E-state index is 14.7. The van der Waals surface area contributed by atoms with Crippen LogP contribution >= 0.6 is 20.7 Å². The molecule has 0 aromatic carbocycles. The number of rotatable bonds is 7. The highest BCUT2D eigenvalue weighted by Gasteiger charge is 2.35. The molecule has 6 nitrogen and oxygen atoms in total. The number of nitrogens with zero attached hydrogens (tertiary/aromatic N) is 4. The third-order valence-corrected chi connectivity index (χ3v) is 6.50. The maximum absolute atomic E-state index is 14.7. The molecule has 4 heterocycles. The summed E-state index contributed by atoms with van der Waals surface area (Å²) >= 11 is -0.179. The Kier molecular flexibility index (Phi) is 6.14. The second-order valence-electron chi connectivity index (χ2n) is 7.22. The van der Waals surface area contributed by atoms with Crippen LogP contribution in [0.15, 0.2) is 36.9 Å². The molecule has 1 saturated heterocycles. The predicted octanol–water partition coefficient (Wildman–Crippen LogP) is 3.92. The molecule has 1 aliphatic heterocycles. The van der Waals surface area contributed by atoms with Crippen molar-refractivity contribution in [3.8, 4) is 0 Å². The van der Waals surface area contributed by atoms with Crippen molar-refractivity contribution in [3.05, 3.63) is 48.2 Å². The first-order chi connectivity index (χ1) is 14.0. The maximum Gasteiger partial charge on any atom is 0.287 e. The van der Waals surface area contributed by atoms with Crippen LogP contribution in [-0.4, -0.2) is 55.0 Å². The second kappa shape index (κ2) is 8.78. The summed E-state index contributed by atoms with van der Waals surface area (Å²) < 4.78 is 34.1. The topological polar surface area (TPSA) is 69.7 Å². The molecule has 1 fully saturated rings. The number of piperidine rings is 1. The highest BCUT2D eigenvalue weighted by molar-refractivity contribution is 14.2. The van der Waals surface area contributed by atoms with Crippen molar-refractivity contribution in [1.29, 1.82) is 0 Å². The molecule has 2 N–H and O–H groups in total. The van der Waals surface area contributed by atoms with Crippen molar-refractivity contribution in [1.82, 2.24) is 24.8 Å². The van der Waals surface area contributed by atoms with E-state index in [1.54, 1.807) is 6.07 Å². The van der Waals surface area contributed by atoms with Crippen molar-refractivity contribution in [3.63, 3.8) is 0 Å². The van der Waals surface area contributed by atoms with Crippen LogP contribution in [0.1, 0.15) is 24.1 Å². The minimum Gasteiger partial charge on any atom is -0.367 e. The lowest BCUT2D eigenvalue weighted by Gasteiger charge is -2.34. The molecule has 0 unspecified atom stereocenters. The molecule has 1 aliphatic rings. The quantitative estimate of drug-likeness (QED) is 0.371. The van der Waals surface area contributed by atoms with E-state index in [0.717, 1.165) is 39.8 Å². The summed E-state index contributed by atoms with van der Waals surface area (Å²) in [6, 6.07) is 5.35. The van der Waals surface area contributed by atoms with Crippen molar-refractivity contribution in [2.24, 2.45) is 0 Å². The molecule has 154 valence electrons. The third-order valence-electron chi connectivity index (χ3n) is 5.18. The van der Waals surface area contributed by atoms with Crippen molar-refractivity contribution >= 4 is 42.1 Å². The van der Waals surface area contributed by atoms with E-state index in [1.807, 2.05) is 17.2 Å². The van der Waals surface area contributed by atoms with E-state index in [4.69, 9.17) is 0 Å². The standard InChI is InChI=1S/C20H23F2IN6/c1-23-10-16-3-2-14(11-25-16)20(21,22)12-29-8-5-15(6-9-29)28-19-17-4-7-24-18(17)26-13-27-19/h2-4,7,11,13,15H,1,5-6,8-10,12H2,(H2,24,26,27,28). The highest BCUT2D eigenvalue weighted by atomic mass is 127. The Labute approximate surface area is 177 Å². The second-order valence-corrected chi connectivity index (χ2v) is 9.06. The number of anilines is 1. The van der Waals surface area contributed by atoms with Crippen LogP contribution in [-0.2, 0) is 10.4 Å². The van der Waals surface area contributed by atoms with Gasteiger partial charge in [0, 0.05) is 47.2 Å². The minimum absolute atomic E-state index is 0.0143. The van der Waals surface area contributed by atoms with Crippen LogP contribution in [0, 0.1) is 0 Å². The zero-order valence-electron chi connectivity index (χ0n) is 15.9. The zero-order valence-corrected chi connectivity index (χ0v) is 18.1. The molecule has 0 atom stereocenters. The summed E-state index contributed by atoms with van der Waals surface area (Å²) in [7, 11) is 0. The molecule has 0 aliphatic carbocycles.